The summed E-state index contributed by atoms with van der Waals surface area (Å²) in [5.74, 6) is 0. The molecule has 2 rings (SSSR count). The Labute approximate surface area is 83.6 Å². The van der Waals surface area contributed by atoms with Gasteiger partial charge in [0, 0.05) is 4.47 Å². The molecule has 1 aromatic carbocycles. The highest BCUT2D eigenvalue weighted by atomic mass is 79.9. The third-order valence-electron chi connectivity index (χ3n) is 1.70. The van der Waals surface area contributed by atoms with E-state index in [1.165, 1.54) is 9.71 Å². The molecular weight excluding hydrogens is 234 g/mol. The number of aryl methyl sites for hydroxylation is 1. The van der Waals surface area contributed by atoms with E-state index in [-0.39, 0.29) is 0 Å². The molecule has 0 aliphatic rings. The maximum atomic E-state index is 4.47. The number of hydrogen-bond acceptors (Lipinski definition) is 2. The van der Waals surface area contributed by atoms with Crippen molar-refractivity contribution in [3.8, 4) is 0 Å². The van der Waals surface area contributed by atoms with E-state index in [1.54, 1.807) is 11.3 Å². The van der Waals surface area contributed by atoms with Gasteiger partial charge in [0.15, 0.2) is 0 Å². The van der Waals surface area contributed by atoms with Gasteiger partial charge in [-0.1, -0.05) is 22.9 Å². The molecule has 0 atom stereocenters. The molecule has 1 nitrogen and oxygen atoms in total. The number of nitrogens with zero attached hydrogens (tertiary/aromatic N) is 1. The Bertz CT molecular complexity index is 408. The highest BCUT2D eigenvalue weighted by Crippen LogP contribution is 2.25. The van der Waals surface area contributed by atoms with Crippen LogP contribution in [0.3, 0.4) is 0 Å². The predicted octanol–water partition coefficient (Wildman–Crippen LogP) is 3.62. The highest BCUT2D eigenvalue weighted by Gasteiger charge is 2.01. The molecule has 0 saturated carbocycles. The Morgan fingerprint density at radius 1 is 1.50 bits per heavy atom. The zero-order valence-electron chi connectivity index (χ0n) is 6.67. The van der Waals surface area contributed by atoms with Crippen LogP contribution in [0.15, 0.2) is 22.7 Å². The summed E-state index contributed by atoms with van der Waals surface area (Å²) in [6, 6.07) is 6.20. The van der Waals surface area contributed by atoms with Gasteiger partial charge in [-0.15, -0.1) is 11.3 Å². The molecule has 1 aromatic heterocycles. The van der Waals surface area contributed by atoms with Crippen LogP contribution >= 0.6 is 27.3 Å². The highest BCUT2D eigenvalue weighted by molar-refractivity contribution is 9.10. The van der Waals surface area contributed by atoms with Gasteiger partial charge < -0.3 is 0 Å². The van der Waals surface area contributed by atoms with Gasteiger partial charge in [0.25, 0.3) is 0 Å². The molecule has 0 spiro atoms. The van der Waals surface area contributed by atoms with Crippen LogP contribution in [0.25, 0.3) is 10.2 Å². The maximum Gasteiger partial charge on any atom is 0.0935 e. The van der Waals surface area contributed by atoms with Crippen molar-refractivity contribution in [1.29, 1.82) is 0 Å². The molecule has 12 heavy (non-hydrogen) atoms. The fourth-order valence-electron chi connectivity index (χ4n) is 1.10. The summed E-state index contributed by atoms with van der Waals surface area (Å²) < 4.78 is 2.39. The average molecular weight is 242 g/mol. The molecule has 0 aliphatic carbocycles. The first-order valence-corrected chi connectivity index (χ1v) is 5.45. The summed E-state index contributed by atoms with van der Waals surface area (Å²) in [4.78, 5) is 4.47. The first kappa shape index (κ1) is 8.20. The summed E-state index contributed by atoms with van der Waals surface area (Å²) in [5, 5.41) is 1.21. The number of hydrogen-bond donors (Lipinski definition) is 0. The predicted molar refractivity (Wildman–Crippen MR) is 56.7 cm³/mol. The van der Waals surface area contributed by atoms with Crippen molar-refractivity contribution >= 4 is 37.5 Å². The van der Waals surface area contributed by atoms with Crippen LogP contribution in [0, 0.1) is 0 Å². The lowest BCUT2D eigenvalue weighted by Gasteiger charge is -1.86. The van der Waals surface area contributed by atoms with Gasteiger partial charge >= 0.3 is 0 Å². The van der Waals surface area contributed by atoms with E-state index in [0.717, 1.165) is 16.4 Å². The summed E-state index contributed by atoms with van der Waals surface area (Å²) in [7, 11) is 0. The minimum atomic E-state index is 1.02. The molecule has 0 unspecified atom stereocenters. The van der Waals surface area contributed by atoms with Gasteiger partial charge in [-0.3, -0.25) is 0 Å². The number of benzene rings is 1. The standard InChI is InChI=1S/C9H8BrNS/c1-2-9-11-7-4-3-6(10)5-8(7)12-9/h3-5H,2H2,1H3. The Balaban J connectivity index is 2.67. The quantitative estimate of drug-likeness (QED) is 0.744. The molecule has 62 valence electrons. The van der Waals surface area contributed by atoms with Crippen molar-refractivity contribution < 1.29 is 0 Å². The van der Waals surface area contributed by atoms with E-state index < -0.39 is 0 Å². The van der Waals surface area contributed by atoms with E-state index in [0.29, 0.717) is 0 Å². The van der Waals surface area contributed by atoms with E-state index in [4.69, 9.17) is 0 Å². The van der Waals surface area contributed by atoms with Crippen molar-refractivity contribution in [2.45, 2.75) is 13.3 Å². The van der Waals surface area contributed by atoms with Crippen LogP contribution in [0.2, 0.25) is 0 Å². The van der Waals surface area contributed by atoms with E-state index in [1.807, 2.05) is 6.07 Å². The Hall–Kier alpha value is -0.410. The minimum Gasteiger partial charge on any atom is -0.241 e. The number of thiazole rings is 1. The second kappa shape index (κ2) is 3.15. The van der Waals surface area contributed by atoms with Crippen molar-refractivity contribution in [3.05, 3.63) is 27.7 Å². The van der Waals surface area contributed by atoms with Crippen LogP contribution in [0.5, 0.6) is 0 Å². The number of rotatable bonds is 1. The van der Waals surface area contributed by atoms with Crippen LogP contribution in [-0.4, -0.2) is 4.98 Å². The number of fused-ring (bicyclic) bond motifs is 1. The van der Waals surface area contributed by atoms with Gasteiger partial charge in [0.05, 0.1) is 15.2 Å². The Morgan fingerprint density at radius 3 is 3.08 bits per heavy atom. The van der Waals surface area contributed by atoms with Gasteiger partial charge in [-0.05, 0) is 24.6 Å². The van der Waals surface area contributed by atoms with Crippen molar-refractivity contribution in [3.63, 3.8) is 0 Å². The number of aromatic nitrogens is 1. The van der Waals surface area contributed by atoms with Crippen molar-refractivity contribution in [2.75, 3.05) is 0 Å². The third kappa shape index (κ3) is 1.39. The third-order valence-corrected chi connectivity index (χ3v) is 3.35. The molecule has 0 N–H and O–H groups in total. The second-order valence-corrected chi connectivity index (χ2v) is 4.60. The largest absolute Gasteiger partial charge is 0.241 e. The van der Waals surface area contributed by atoms with Gasteiger partial charge in [-0.2, -0.15) is 0 Å². The molecule has 0 amide bonds. The van der Waals surface area contributed by atoms with Crippen LogP contribution in [0.4, 0.5) is 0 Å². The molecule has 0 aliphatic heterocycles. The fourth-order valence-corrected chi connectivity index (χ4v) is 2.56. The fraction of sp³-hybridized carbons (Fsp3) is 0.222. The molecule has 0 bridgehead atoms. The first-order chi connectivity index (χ1) is 5.79. The van der Waals surface area contributed by atoms with Crippen LogP contribution in [-0.2, 0) is 6.42 Å². The SMILES string of the molecule is CCc1nc2ccc(Br)cc2s1. The second-order valence-electron chi connectivity index (χ2n) is 2.57. The molecule has 0 fully saturated rings. The topological polar surface area (TPSA) is 12.9 Å². The van der Waals surface area contributed by atoms with Crippen molar-refractivity contribution in [1.82, 2.24) is 4.98 Å². The molecule has 3 heteroatoms. The zero-order chi connectivity index (χ0) is 8.55. The molecular formula is C9H8BrNS. The Morgan fingerprint density at radius 2 is 2.33 bits per heavy atom. The maximum absolute atomic E-state index is 4.47. The zero-order valence-corrected chi connectivity index (χ0v) is 9.08. The van der Waals surface area contributed by atoms with Crippen molar-refractivity contribution in [2.24, 2.45) is 0 Å². The number of halogens is 1. The minimum absolute atomic E-state index is 1.02. The summed E-state index contributed by atoms with van der Waals surface area (Å²) in [5.41, 5.74) is 1.11. The smallest absolute Gasteiger partial charge is 0.0935 e. The van der Waals surface area contributed by atoms with E-state index in [2.05, 4.69) is 40.0 Å². The van der Waals surface area contributed by atoms with Gasteiger partial charge in [0.2, 0.25) is 0 Å². The molecule has 0 radical (unpaired) electrons. The lowest BCUT2D eigenvalue weighted by atomic mass is 10.3. The average Bonchev–Trinajstić information content (AvgIpc) is 2.46. The van der Waals surface area contributed by atoms with Gasteiger partial charge in [-0.25, -0.2) is 4.98 Å². The van der Waals surface area contributed by atoms with E-state index >= 15 is 0 Å². The van der Waals surface area contributed by atoms with Crippen LogP contribution < -0.4 is 0 Å². The lowest BCUT2D eigenvalue weighted by molar-refractivity contribution is 1.11. The molecule has 1 heterocycles. The van der Waals surface area contributed by atoms with Crippen LogP contribution in [0.1, 0.15) is 11.9 Å². The summed E-state index contributed by atoms with van der Waals surface area (Å²) in [6.45, 7) is 2.13. The molecule has 0 saturated heterocycles. The van der Waals surface area contributed by atoms with Gasteiger partial charge in [0.1, 0.15) is 0 Å². The summed E-state index contributed by atoms with van der Waals surface area (Å²) >= 11 is 5.21. The monoisotopic (exact) mass is 241 g/mol. The summed E-state index contributed by atoms with van der Waals surface area (Å²) in [6.07, 6.45) is 1.02. The molecule has 2 aromatic rings. The Kier molecular flexibility index (Phi) is 2.15. The first-order valence-electron chi connectivity index (χ1n) is 3.84. The lowest BCUT2D eigenvalue weighted by Crippen LogP contribution is -1.73. The normalized spacial score (nSPS) is 10.8. The van der Waals surface area contributed by atoms with E-state index in [9.17, 15) is 0 Å².